The summed E-state index contributed by atoms with van der Waals surface area (Å²) in [6.45, 7) is 2.08. The zero-order valence-electron chi connectivity index (χ0n) is 15.9. The Kier molecular flexibility index (Phi) is 5.14. The summed E-state index contributed by atoms with van der Waals surface area (Å²) in [7, 11) is -3.82. The van der Waals surface area contributed by atoms with E-state index in [9.17, 15) is 8.42 Å². The zero-order chi connectivity index (χ0) is 20.3. The van der Waals surface area contributed by atoms with E-state index in [1.807, 2.05) is 67.6 Å². The molecule has 3 aromatic carbocycles. The van der Waals surface area contributed by atoms with Crippen molar-refractivity contribution in [3.05, 3.63) is 102 Å². The van der Waals surface area contributed by atoms with Crippen molar-refractivity contribution in [1.29, 1.82) is 0 Å². The molecule has 1 aromatic heterocycles. The fourth-order valence-electron chi connectivity index (χ4n) is 2.95. The van der Waals surface area contributed by atoms with Gasteiger partial charge in [-0.2, -0.15) is 0 Å². The van der Waals surface area contributed by atoms with Crippen molar-refractivity contribution < 1.29 is 8.42 Å². The van der Waals surface area contributed by atoms with Crippen LogP contribution in [0.1, 0.15) is 11.1 Å². The van der Waals surface area contributed by atoms with Gasteiger partial charge in [0.05, 0.1) is 23.3 Å². The monoisotopic (exact) mass is 404 g/mol. The number of anilines is 1. The first kappa shape index (κ1) is 18.9. The fraction of sp³-hybridized carbons (Fsp3) is 0.0909. The number of hydrogen-bond acceptors (Lipinski definition) is 4. The summed E-state index contributed by atoms with van der Waals surface area (Å²) in [4.78, 5) is 0.216. The highest BCUT2D eigenvalue weighted by molar-refractivity contribution is 7.92. The Balaban J connectivity index is 1.77. The molecule has 4 rings (SSSR count). The van der Waals surface area contributed by atoms with Gasteiger partial charge in [-0.05, 0) is 36.8 Å². The predicted molar refractivity (Wildman–Crippen MR) is 112 cm³/mol. The molecule has 0 amide bonds. The van der Waals surface area contributed by atoms with Gasteiger partial charge in [-0.3, -0.25) is 0 Å². The van der Waals surface area contributed by atoms with Gasteiger partial charge in [0.15, 0.2) is 5.82 Å². The molecule has 0 aliphatic heterocycles. The lowest BCUT2D eigenvalue weighted by Gasteiger charge is -2.22. The lowest BCUT2D eigenvalue weighted by Crippen LogP contribution is -2.31. The zero-order valence-corrected chi connectivity index (χ0v) is 16.7. The van der Waals surface area contributed by atoms with Gasteiger partial charge >= 0.3 is 0 Å². The normalized spacial score (nSPS) is 11.3. The van der Waals surface area contributed by atoms with Gasteiger partial charge in [0, 0.05) is 0 Å². The maximum atomic E-state index is 13.4. The van der Waals surface area contributed by atoms with E-state index in [1.165, 1.54) is 4.31 Å². The van der Waals surface area contributed by atoms with Crippen LogP contribution in [-0.4, -0.2) is 23.4 Å². The average Bonchev–Trinajstić information content (AvgIpc) is 3.23. The molecule has 0 radical (unpaired) electrons. The summed E-state index contributed by atoms with van der Waals surface area (Å²) in [5.74, 6) is 0.262. The first-order valence-corrected chi connectivity index (χ1v) is 10.6. The standard InChI is InChI=1S/C22H20N4O2S/c1-18-12-14-21(15-13-18)29(27,28)26(16-19-8-4-2-5-9-19)22-17-25(24-23-22)20-10-6-3-7-11-20/h2-15,17H,16H2,1H3. The minimum atomic E-state index is -3.82. The summed E-state index contributed by atoms with van der Waals surface area (Å²) < 4.78 is 29.7. The van der Waals surface area contributed by atoms with Crippen LogP contribution in [-0.2, 0) is 16.6 Å². The molecule has 6 nitrogen and oxygen atoms in total. The smallest absolute Gasteiger partial charge is 0.242 e. The quantitative estimate of drug-likeness (QED) is 0.488. The molecule has 0 aliphatic rings. The van der Waals surface area contributed by atoms with Crippen LogP contribution < -0.4 is 4.31 Å². The van der Waals surface area contributed by atoms with E-state index in [4.69, 9.17) is 0 Å². The highest BCUT2D eigenvalue weighted by atomic mass is 32.2. The number of benzene rings is 3. The summed E-state index contributed by atoms with van der Waals surface area (Å²) >= 11 is 0. The van der Waals surface area contributed by atoms with Crippen LogP contribution in [0.3, 0.4) is 0 Å². The third kappa shape index (κ3) is 4.05. The van der Waals surface area contributed by atoms with E-state index in [0.29, 0.717) is 0 Å². The molecular weight excluding hydrogens is 384 g/mol. The minimum absolute atomic E-state index is 0.157. The molecule has 7 heteroatoms. The maximum Gasteiger partial charge on any atom is 0.265 e. The lowest BCUT2D eigenvalue weighted by atomic mass is 10.2. The summed E-state index contributed by atoms with van der Waals surface area (Å²) in [6.07, 6.45) is 1.63. The summed E-state index contributed by atoms with van der Waals surface area (Å²) in [6, 6.07) is 25.7. The molecule has 0 bridgehead atoms. The van der Waals surface area contributed by atoms with Crippen LogP contribution in [0.4, 0.5) is 5.82 Å². The Morgan fingerprint density at radius 2 is 1.48 bits per heavy atom. The topological polar surface area (TPSA) is 68.1 Å². The molecule has 0 N–H and O–H groups in total. The molecule has 29 heavy (non-hydrogen) atoms. The van der Waals surface area contributed by atoms with Crippen molar-refractivity contribution in [3.8, 4) is 5.69 Å². The van der Waals surface area contributed by atoms with Crippen molar-refractivity contribution in [2.45, 2.75) is 18.4 Å². The van der Waals surface area contributed by atoms with Gasteiger partial charge < -0.3 is 0 Å². The molecule has 0 unspecified atom stereocenters. The average molecular weight is 404 g/mol. The van der Waals surface area contributed by atoms with Gasteiger partial charge in [-0.25, -0.2) is 17.4 Å². The Hall–Kier alpha value is -3.45. The Morgan fingerprint density at radius 3 is 2.14 bits per heavy atom. The van der Waals surface area contributed by atoms with Gasteiger partial charge in [-0.1, -0.05) is 71.4 Å². The molecule has 0 atom stereocenters. The van der Waals surface area contributed by atoms with E-state index in [2.05, 4.69) is 10.3 Å². The van der Waals surface area contributed by atoms with Crippen LogP contribution in [0.25, 0.3) is 5.69 Å². The molecule has 0 fully saturated rings. The molecule has 0 saturated heterocycles. The van der Waals surface area contributed by atoms with Gasteiger partial charge in [0.1, 0.15) is 0 Å². The molecule has 146 valence electrons. The van der Waals surface area contributed by atoms with Crippen molar-refractivity contribution >= 4 is 15.8 Å². The molecule has 1 heterocycles. The largest absolute Gasteiger partial charge is 0.265 e. The molecule has 4 aromatic rings. The van der Waals surface area contributed by atoms with E-state index in [0.717, 1.165) is 16.8 Å². The number of rotatable bonds is 6. The van der Waals surface area contributed by atoms with Crippen molar-refractivity contribution in [3.63, 3.8) is 0 Å². The first-order chi connectivity index (χ1) is 14.0. The number of hydrogen-bond donors (Lipinski definition) is 0. The minimum Gasteiger partial charge on any atom is -0.242 e. The predicted octanol–water partition coefficient (Wildman–Crippen LogP) is 3.97. The molecule has 0 spiro atoms. The van der Waals surface area contributed by atoms with Gasteiger partial charge in [0.2, 0.25) is 0 Å². The summed E-state index contributed by atoms with van der Waals surface area (Å²) in [5, 5.41) is 8.29. The fourth-order valence-corrected chi connectivity index (χ4v) is 4.34. The third-order valence-electron chi connectivity index (χ3n) is 4.54. The molecule has 0 saturated carbocycles. The molecule has 0 aliphatic carbocycles. The second kappa shape index (κ2) is 7.89. The van der Waals surface area contributed by atoms with Crippen LogP contribution in [0, 0.1) is 6.92 Å². The van der Waals surface area contributed by atoms with Gasteiger partial charge in [-0.15, -0.1) is 5.10 Å². The first-order valence-electron chi connectivity index (χ1n) is 9.15. The summed E-state index contributed by atoms with van der Waals surface area (Å²) in [5.41, 5.74) is 2.66. The Bertz CT molecular complexity index is 1190. The number of nitrogens with zero attached hydrogens (tertiary/aromatic N) is 4. The van der Waals surface area contributed by atoms with E-state index in [1.54, 1.807) is 35.1 Å². The maximum absolute atomic E-state index is 13.4. The van der Waals surface area contributed by atoms with Crippen LogP contribution in [0.15, 0.2) is 96.0 Å². The van der Waals surface area contributed by atoms with Crippen molar-refractivity contribution in [2.24, 2.45) is 0 Å². The van der Waals surface area contributed by atoms with Crippen molar-refractivity contribution in [1.82, 2.24) is 15.0 Å². The number of para-hydroxylation sites is 1. The number of aryl methyl sites for hydroxylation is 1. The molecular formula is C22H20N4O2S. The Morgan fingerprint density at radius 1 is 0.862 bits per heavy atom. The van der Waals surface area contributed by atoms with Crippen molar-refractivity contribution in [2.75, 3.05) is 4.31 Å². The second-order valence-corrected chi connectivity index (χ2v) is 8.53. The Labute approximate surface area is 170 Å². The number of aromatic nitrogens is 3. The van der Waals surface area contributed by atoms with E-state index >= 15 is 0 Å². The van der Waals surface area contributed by atoms with Crippen LogP contribution in [0.5, 0.6) is 0 Å². The highest BCUT2D eigenvalue weighted by Crippen LogP contribution is 2.25. The van der Waals surface area contributed by atoms with Gasteiger partial charge in [0.25, 0.3) is 10.0 Å². The van der Waals surface area contributed by atoms with E-state index < -0.39 is 10.0 Å². The van der Waals surface area contributed by atoms with Crippen LogP contribution in [0.2, 0.25) is 0 Å². The number of sulfonamides is 1. The highest BCUT2D eigenvalue weighted by Gasteiger charge is 2.27. The lowest BCUT2D eigenvalue weighted by molar-refractivity contribution is 0.589. The van der Waals surface area contributed by atoms with E-state index in [-0.39, 0.29) is 17.3 Å². The third-order valence-corrected chi connectivity index (χ3v) is 6.30. The van der Waals surface area contributed by atoms with Crippen LogP contribution >= 0.6 is 0 Å². The SMILES string of the molecule is Cc1ccc(S(=O)(=O)N(Cc2ccccc2)c2cn(-c3ccccc3)nn2)cc1. The second-order valence-electron chi connectivity index (χ2n) is 6.67.